The maximum absolute atomic E-state index is 12.4. The van der Waals surface area contributed by atoms with Crippen molar-refractivity contribution in [1.29, 1.82) is 0 Å². The van der Waals surface area contributed by atoms with Gasteiger partial charge in [-0.2, -0.15) is 0 Å². The van der Waals surface area contributed by atoms with E-state index in [1.54, 1.807) is 0 Å². The van der Waals surface area contributed by atoms with Gasteiger partial charge in [0, 0.05) is 24.0 Å². The van der Waals surface area contributed by atoms with Crippen LogP contribution in [0.15, 0.2) is 29.4 Å². The molecule has 0 bridgehead atoms. The first kappa shape index (κ1) is 15.7. The van der Waals surface area contributed by atoms with Crippen molar-refractivity contribution in [3.63, 3.8) is 0 Å². The highest BCUT2D eigenvalue weighted by atomic mass is 32.2. The molecule has 1 saturated carbocycles. The molecule has 0 atom stereocenters. The molecule has 0 amide bonds. The minimum Gasteiger partial charge on any atom is -0.478 e. The summed E-state index contributed by atoms with van der Waals surface area (Å²) in [6.07, 6.45) is 8.59. The van der Waals surface area contributed by atoms with Crippen molar-refractivity contribution < 1.29 is 18.3 Å². The standard InChI is InChI=1S/C14H18N2O4S/c1-14(6-2-3-7-14)16-21(19,20)12-8-11(9-15-10-12)4-5-13(17)18/h4-5,8-10,16H,2-3,6-7H2,1H3,(H,17,18). The molecule has 7 heteroatoms. The number of nitrogens with one attached hydrogen (secondary N) is 1. The number of aliphatic carboxylic acids is 1. The van der Waals surface area contributed by atoms with Crippen LogP contribution in [0.2, 0.25) is 0 Å². The molecule has 0 radical (unpaired) electrons. The van der Waals surface area contributed by atoms with Gasteiger partial charge >= 0.3 is 5.97 Å². The van der Waals surface area contributed by atoms with Gasteiger partial charge < -0.3 is 5.11 Å². The summed E-state index contributed by atoms with van der Waals surface area (Å²) in [5, 5.41) is 8.59. The number of nitrogens with zero attached hydrogens (tertiary/aromatic N) is 1. The van der Waals surface area contributed by atoms with Crippen molar-refractivity contribution in [1.82, 2.24) is 9.71 Å². The predicted octanol–water partition coefficient (Wildman–Crippen LogP) is 1.79. The number of carboxylic acids is 1. The maximum Gasteiger partial charge on any atom is 0.328 e. The van der Waals surface area contributed by atoms with E-state index in [1.165, 1.54) is 24.5 Å². The number of pyridine rings is 1. The summed E-state index contributed by atoms with van der Waals surface area (Å²) in [5.41, 5.74) is 0.0167. The maximum atomic E-state index is 12.4. The lowest BCUT2D eigenvalue weighted by atomic mass is 10.0. The Bertz CT molecular complexity index is 661. The monoisotopic (exact) mass is 310 g/mol. The molecule has 0 spiro atoms. The van der Waals surface area contributed by atoms with Crippen LogP contribution in [0.5, 0.6) is 0 Å². The average molecular weight is 310 g/mol. The molecule has 1 aliphatic carbocycles. The molecule has 0 saturated heterocycles. The molecule has 6 nitrogen and oxygen atoms in total. The summed E-state index contributed by atoms with van der Waals surface area (Å²) in [7, 11) is -3.66. The highest BCUT2D eigenvalue weighted by molar-refractivity contribution is 7.89. The molecular formula is C14H18N2O4S. The zero-order valence-electron chi connectivity index (χ0n) is 11.7. The second kappa shape index (κ2) is 5.95. The van der Waals surface area contributed by atoms with E-state index in [0.29, 0.717) is 5.56 Å². The Hall–Kier alpha value is -1.73. The average Bonchev–Trinajstić information content (AvgIpc) is 2.82. The molecule has 1 aliphatic rings. The molecule has 0 aromatic carbocycles. The van der Waals surface area contributed by atoms with Gasteiger partial charge in [0.05, 0.1) is 0 Å². The van der Waals surface area contributed by atoms with Crippen LogP contribution < -0.4 is 4.72 Å². The van der Waals surface area contributed by atoms with Gasteiger partial charge in [-0.15, -0.1) is 0 Å². The summed E-state index contributed by atoms with van der Waals surface area (Å²) in [5.74, 6) is -1.10. The van der Waals surface area contributed by atoms with Crippen LogP contribution >= 0.6 is 0 Å². The van der Waals surface area contributed by atoms with Crippen molar-refractivity contribution in [2.24, 2.45) is 0 Å². The van der Waals surface area contributed by atoms with E-state index >= 15 is 0 Å². The fraction of sp³-hybridized carbons (Fsp3) is 0.429. The SMILES string of the molecule is CC1(NS(=O)(=O)c2cncc(C=CC(=O)O)c2)CCCC1. The van der Waals surface area contributed by atoms with Crippen LogP contribution in [0.4, 0.5) is 0 Å². The topological polar surface area (TPSA) is 96.4 Å². The number of carboxylic acid groups (broad SMARTS) is 1. The largest absolute Gasteiger partial charge is 0.478 e. The van der Waals surface area contributed by atoms with Gasteiger partial charge in [-0.3, -0.25) is 4.98 Å². The minimum atomic E-state index is -3.66. The third-order valence-electron chi connectivity index (χ3n) is 3.55. The van der Waals surface area contributed by atoms with E-state index in [4.69, 9.17) is 5.11 Å². The van der Waals surface area contributed by atoms with E-state index in [-0.39, 0.29) is 4.90 Å². The van der Waals surface area contributed by atoms with Gasteiger partial charge in [0.25, 0.3) is 0 Å². The third kappa shape index (κ3) is 4.12. The van der Waals surface area contributed by atoms with Gasteiger partial charge in [0.2, 0.25) is 10.0 Å². The Kier molecular flexibility index (Phi) is 4.43. The zero-order valence-corrected chi connectivity index (χ0v) is 12.6. The second-order valence-corrected chi connectivity index (χ2v) is 7.18. The molecule has 1 fully saturated rings. The molecule has 2 rings (SSSR count). The Morgan fingerprint density at radius 2 is 2.05 bits per heavy atom. The van der Waals surface area contributed by atoms with E-state index in [9.17, 15) is 13.2 Å². The Labute approximate surface area is 124 Å². The molecule has 2 N–H and O–H groups in total. The number of rotatable bonds is 5. The Morgan fingerprint density at radius 1 is 1.38 bits per heavy atom. The quantitative estimate of drug-likeness (QED) is 0.808. The van der Waals surface area contributed by atoms with Crippen LogP contribution in [-0.4, -0.2) is 30.0 Å². The van der Waals surface area contributed by atoms with Crippen molar-refractivity contribution in [3.05, 3.63) is 30.1 Å². The molecule has 1 aromatic rings. The van der Waals surface area contributed by atoms with Gasteiger partial charge in [0.15, 0.2) is 0 Å². The Balaban J connectivity index is 2.24. The first-order valence-electron chi connectivity index (χ1n) is 6.71. The minimum absolute atomic E-state index is 0.0446. The lowest BCUT2D eigenvalue weighted by Gasteiger charge is -2.24. The smallest absolute Gasteiger partial charge is 0.328 e. The van der Waals surface area contributed by atoms with Crippen molar-refractivity contribution >= 4 is 22.1 Å². The van der Waals surface area contributed by atoms with Crippen molar-refractivity contribution in [2.75, 3.05) is 0 Å². The van der Waals surface area contributed by atoms with Crippen molar-refractivity contribution in [2.45, 2.75) is 43.0 Å². The molecule has 0 unspecified atom stereocenters. The number of aromatic nitrogens is 1. The lowest BCUT2D eigenvalue weighted by Crippen LogP contribution is -2.43. The number of hydrogen-bond acceptors (Lipinski definition) is 4. The summed E-state index contributed by atoms with van der Waals surface area (Å²) in [6.45, 7) is 1.90. The van der Waals surface area contributed by atoms with E-state index in [0.717, 1.165) is 31.8 Å². The fourth-order valence-corrected chi connectivity index (χ4v) is 3.94. The van der Waals surface area contributed by atoms with Gasteiger partial charge in [-0.05, 0) is 37.5 Å². The first-order valence-corrected chi connectivity index (χ1v) is 8.19. The predicted molar refractivity (Wildman–Crippen MR) is 78.1 cm³/mol. The van der Waals surface area contributed by atoms with Gasteiger partial charge in [0.1, 0.15) is 4.90 Å². The normalized spacial score (nSPS) is 18.1. The van der Waals surface area contributed by atoms with Crippen LogP contribution in [0.25, 0.3) is 6.08 Å². The number of sulfonamides is 1. The molecule has 114 valence electrons. The number of carbonyl (C=O) groups is 1. The van der Waals surface area contributed by atoms with E-state index in [1.807, 2.05) is 6.92 Å². The van der Waals surface area contributed by atoms with Gasteiger partial charge in [-0.1, -0.05) is 12.8 Å². The molecular weight excluding hydrogens is 292 g/mol. The summed E-state index contributed by atoms with van der Waals surface area (Å²) >= 11 is 0. The van der Waals surface area contributed by atoms with Crippen molar-refractivity contribution in [3.8, 4) is 0 Å². The molecule has 1 heterocycles. The summed E-state index contributed by atoms with van der Waals surface area (Å²) < 4.78 is 27.5. The molecule has 0 aliphatic heterocycles. The second-order valence-electron chi connectivity index (χ2n) is 5.50. The van der Waals surface area contributed by atoms with Crippen LogP contribution in [-0.2, 0) is 14.8 Å². The summed E-state index contributed by atoms with van der Waals surface area (Å²) in [6, 6.07) is 1.41. The van der Waals surface area contributed by atoms with Crippen LogP contribution in [0.1, 0.15) is 38.2 Å². The van der Waals surface area contributed by atoms with Gasteiger partial charge in [-0.25, -0.2) is 17.9 Å². The van der Waals surface area contributed by atoms with Crippen LogP contribution in [0, 0.1) is 0 Å². The molecule has 21 heavy (non-hydrogen) atoms. The van der Waals surface area contributed by atoms with E-state index in [2.05, 4.69) is 9.71 Å². The highest BCUT2D eigenvalue weighted by Crippen LogP contribution is 2.30. The zero-order chi connectivity index (χ0) is 15.5. The van der Waals surface area contributed by atoms with Crippen LogP contribution in [0.3, 0.4) is 0 Å². The lowest BCUT2D eigenvalue weighted by molar-refractivity contribution is -0.131. The third-order valence-corrected chi connectivity index (χ3v) is 5.16. The molecule has 1 aromatic heterocycles. The fourth-order valence-electron chi connectivity index (χ4n) is 2.48. The van der Waals surface area contributed by atoms with E-state index < -0.39 is 21.5 Å². The summed E-state index contributed by atoms with van der Waals surface area (Å²) in [4.78, 5) is 14.4. The number of hydrogen-bond donors (Lipinski definition) is 2. The Morgan fingerprint density at radius 3 is 2.67 bits per heavy atom. The first-order chi connectivity index (χ1) is 9.81. The highest BCUT2D eigenvalue weighted by Gasteiger charge is 2.33.